The SMILES string of the molecule is CN(C)c1ccc(/N=N\c2ccc(S(C)(=O)=O)cc2)cc1. The molecule has 0 unspecified atom stereocenters. The van der Waals surface area contributed by atoms with E-state index in [9.17, 15) is 8.42 Å². The van der Waals surface area contributed by atoms with Crippen LogP contribution < -0.4 is 4.90 Å². The maximum Gasteiger partial charge on any atom is 0.175 e. The quantitative estimate of drug-likeness (QED) is 0.811. The van der Waals surface area contributed by atoms with Crippen molar-refractivity contribution in [3.05, 3.63) is 48.5 Å². The summed E-state index contributed by atoms with van der Waals surface area (Å²) in [5.41, 5.74) is 2.44. The number of rotatable bonds is 4. The molecule has 0 aliphatic carbocycles. The predicted octanol–water partition coefficient (Wildman–Crippen LogP) is 3.57. The summed E-state index contributed by atoms with van der Waals surface area (Å²) in [6, 6.07) is 14.0. The summed E-state index contributed by atoms with van der Waals surface area (Å²) < 4.78 is 22.7. The minimum Gasteiger partial charge on any atom is -0.378 e. The molecular weight excluding hydrogens is 286 g/mol. The second-order valence-corrected chi connectivity index (χ2v) is 6.89. The molecule has 0 saturated heterocycles. The summed E-state index contributed by atoms with van der Waals surface area (Å²) in [5.74, 6) is 0. The number of anilines is 1. The molecule has 5 nitrogen and oxygen atoms in total. The number of hydrogen-bond acceptors (Lipinski definition) is 5. The summed E-state index contributed by atoms with van der Waals surface area (Å²) >= 11 is 0. The molecule has 21 heavy (non-hydrogen) atoms. The van der Waals surface area contributed by atoms with Crippen molar-refractivity contribution in [3.8, 4) is 0 Å². The highest BCUT2D eigenvalue weighted by atomic mass is 32.2. The predicted molar refractivity (Wildman–Crippen MR) is 84.5 cm³/mol. The van der Waals surface area contributed by atoms with E-state index in [1.54, 1.807) is 12.1 Å². The van der Waals surface area contributed by atoms with Gasteiger partial charge in [-0.15, -0.1) is 0 Å². The highest BCUT2D eigenvalue weighted by Gasteiger charge is 2.05. The van der Waals surface area contributed by atoms with E-state index in [1.165, 1.54) is 18.4 Å². The number of hydrogen-bond donors (Lipinski definition) is 0. The van der Waals surface area contributed by atoms with Gasteiger partial charge in [0.05, 0.1) is 16.3 Å². The van der Waals surface area contributed by atoms with E-state index in [1.807, 2.05) is 43.3 Å². The summed E-state index contributed by atoms with van der Waals surface area (Å²) in [6.45, 7) is 0. The largest absolute Gasteiger partial charge is 0.378 e. The van der Waals surface area contributed by atoms with Gasteiger partial charge in [0, 0.05) is 26.0 Å². The Morgan fingerprint density at radius 3 is 1.62 bits per heavy atom. The Hall–Kier alpha value is -2.21. The Kier molecular flexibility index (Phi) is 4.37. The standard InChI is InChI=1S/C15H17N3O2S/c1-18(2)14-8-4-12(5-9-14)16-17-13-6-10-15(11-7-13)21(3,19)20/h4-11H,1-3H3/b17-16-. The molecule has 110 valence electrons. The fourth-order valence-corrected chi connectivity index (χ4v) is 2.32. The molecule has 0 radical (unpaired) electrons. The first-order chi connectivity index (χ1) is 9.86. The molecule has 2 aromatic carbocycles. The Bertz CT molecular complexity index is 733. The zero-order valence-corrected chi connectivity index (χ0v) is 13.0. The van der Waals surface area contributed by atoms with Crippen molar-refractivity contribution in [2.45, 2.75) is 4.90 Å². The first kappa shape index (κ1) is 15.2. The van der Waals surface area contributed by atoms with Crippen molar-refractivity contribution in [2.24, 2.45) is 10.2 Å². The van der Waals surface area contributed by atoms with E-state index in [0.717, 1.165) is 11.4 Å². The minimum atomic E-state index is -3.18. The smallest absolute Gasteiger partial charge is 0.175 e. The van der Waals surface area contributed by atoms with Crippen LogP contribution in [0.4, 0.5) is 17.1 Å². The van der Waals surface area contributed by atoms with Crippen LogP contribution in [0, 0.1) is 0 Å². The maximum absolute atomic E-state index is 11.4. The Balaban J connectivity index is 2.14. The van der Waals surface area contributed by atoms with Gasteiger partial charge in [-0.25, -0.2) is 8.42 Å². The molecule has 0 aliphatic rings. The van der Waals surface area contributed by atoms with E-state index in [0.29, 0.717) is 5.69 Å². The summed E-state index contributed by atoms with van der Waals surface area (Å²) in [6.07, 6.45) is 1.18. The van der Waals surface area contributed by atoms with E-state index in [4.69, 9.17) is 0 Å². The molecule has 6 heteroatoms. The van der Waals surface area contributed by atoms with Gasteiger partial charge in [0.25, 0.3) is 0 Å². The lowest BCUT2D eigenvalue weighted by molar-refractivity contribution is 0.602. The lowest BCUT2D eigenvalue weighted by atomic mass is 10.3. The van der Waals surface area contributed by atoms with E-state index in [-0.39, 0.29) is 4.90 Å². The van der Waals surface area contributed by atoms with Crippen LogP contribution in [0.5, 0.6) is 0 Å². The lowest BCUT2D eigenvalue weighted by Crippen LogP contribution is -2.07. The highest BCUT2D eigenvalue weighted by molar-refractivity contribution is 7.90. The topological polar surface area (TPSA) is 62.1 Å². The fourth-order valence-electron chi connectivity index (χ4n) is 1.69. The summed E-state index contributed by atoms with van der Waals surface area (Å²) in [7, 11) is 0.768. The van der Waals surface area contributed by atoms with Crippen LogP contribution in [-0.4, -0.2) is 28.8 Å². The Morgan fingerprint density at radius 1 is 0.810 bits per heavy atom. The van der Waals surface area contributed by atoms with Gasteiger partial charge in [0.2, 0.25) is 0 Å². The number of azo groups is 1. The van der Waals surface area contributed by atoms with Crippen molar-refractivity contribution in [1.29, 1.82) is 0 Å². The highest BCUT2D eigenvalue weighted by Crippen LogP contribution is 2.22. The molecule has 0 N–H and O–H groups in total. The van der Waals surface area contributed by atoms with Crippen LogP contribution in [-0.2, 0) is 9.84 Å². The van der Waals surface area contributed by atoms with Gasteiger partial charge in [-0.3, -0.25) is 0 Å². The average Bonchev–Trinajstić information content (AvgIpc) is 2.45. The van der Waals surface area contributed by atoms with Crippen molar-refractivity contribution >= 4 is 26.9 Å². The van der Waals surface area contributed by atoms with Crippen molar-refractivity contribution in [3.63, 3.8) is 0 Å². The number of benzene rings is 2. The molecule has 0 spiro atoms. The third-order valence-electron chi connectivity index (χ3n) is 2.91. The molecule has 0 fully saturated rings. The second kappa shape index (κ2) is 6.05. The second-order valence-electron chi connectivity index (χ2n) is 4.88. The van der Waals surface area contributed by atoms with Crippen molar-refractivity contribution in [2.75, 3.05) is 25.3 Å². The Morgan fingerprint density at radius 2 is 1.24 bits per heavy atom. The van der Waals surface area contributed by atoms with Crippen molar-refractivity contribution < 1.29 is 8.42 Å². The molecular formula is C15H17N3O2S. The minimum absolute atomic E-state index is 0.275. The zero-order chi connectivity index (χ0) is 15.5. The maximum atomic E-state index is 11.4. The molecule has 0 aromatic heterocycles. The van der Waals surface area contributed by atoms with Crippen LogP contribution >= 0.6 is 0 Å². The molecule has 0 heterocycles. The van der Waals surface area contributed by atoms with E-state index >= 15 is 0 Å². The summed E-state index contributed by atoms with van der Waals surface area (Å²) in [5, 5.41) is 8.22. The lowest BCUT2D eigenvalue weighted by Gasteiger charge is -2.11. The van der Waals surface area contributed by atoms with E-state index in [2.05, 4.69) is 10.2 Å². The van der Waals surface area contributed by atoms with Gasteiger partial charge in [-0.1, -0.05) is 0 Å². The first-order valence-electron chi connectivity index (χ1n) is 6.35. The first-order valence-corrected chi connectivity index (χ1v) is 8.25. The van der Waals surface area contributed by atoms with Crippen molar-refractivity contribution in [1.82, 2.24) is 0 Å². The van der Waals surface area contributed by atoms with Gasteiger partial charge in [0.15, 0.2) is 9.84 Å². The molecule has 0 bridgehead atoms. The van der Waals surface area contributed by atoms with Gasteiger partial charge in [-0.05, 0) is 48.5 Å². The van der Waals surface area contributed by atoms with Gasteiger partial charge in [0.1, 0.15) is 0 Å². The average molecular weight is 303 g/mol. The monoisotopic (exact) mass is 303 g/mol. The molecule has 2 aromatic rings. The van der Waals surface area contributed by atoms with Crippen LogP contribution in [0.2, 0.25) is 0 Å². The third kappa shape index (κ3) is 4.13. The summed E-state index contributed by atoms with van der Waals surface area (Å²) in [4.78, 5) is 2.28. The van der Waals surface area contributed by atoms with Crippen LogP contribution in [0.3, 0.4) is 0 Å². The van der Waals surface area contributed by atoms with Gasteiger partial charge >= 0.3 is 0 Å². The number of nitrogens with zero attached hydrogens (tertiary/aromatic N) is 3. The third-order valence-corrected chi connectivity index (χ3v) is 4.04. The number of sulfone groups is 1. The van der Waals surface area contributed by atoms with Gasteiger partial charge in [-0.2, -0.15) is 10.2 Å². The molecule has 2 rings (SSSR count). The molecule has 0 aliphatic heterocycles. The van der Waals surface area contributed by atoms with Crippen LogP contribution in [0.25, 0.3) is 0 Å². The molecule has 0 amide bonds. The zero-order valence-electron chi connectivity index (χ0n) is 12.2. The van der Waals surface area contributed by atoms with Crippen LogP contribution in [0.15, 0.2) is 63.7 Å². The fraction of sp³-hybridized carbons (Fsp3) is 0.200. The Labute approximate surface area is 124 Å². The van der Waals surface area contributed by atoms with Crippen LogP contribution in [0.1, 0.15) is 0 Å². The normalized spacial score (nSPS) is 11.8. The van der Waals surface area contributed by atoms with E-state index < -0.39 is 9.84 Å². The molecule has 0 atom stereocenters. The van der Waals surface area contributed by atoms with Gasteiger partial charge < -0.3 is 4.90 Å². The molecule has 0 saturated carbocycles.